The zero-order valence-corrected chi connectivity index (χ0v) is 19.6. The third-order valence-corrected chi connectivity index (χ3v) is 7.57. The number of ether oxygens (including phenoxy) is 1. The van der Waals surface area contributed by atoms with E-state index < -0.39 is 5.91 Å². The molecule has 8 nitrogen and oxygen atoms in total. The third-order valence-electron chi connectivity index (χ3n) is 6.43. The van der Waals surface area contributed by atoms with E-state index >= 15 is 0 Å². The molecule has 174 valence electrons. The van der Waals surface area contributed by atoms with Crippen molar-refractivity contribution in [1.82, 2.24) is 20.1 Å². The van der Waals surface area contributed by atoms with Crippen molar-refractivity contribution in [2.24, 2.45) is 5.73 Å². The van der Waals surface area contributed by atoms with E-state index in [2.05, 4.69) is 43.2 Å². The molecule has 5 rings (SSSR count). The molecular weight excluding hydrogens is 436 g/mol. The molecule has 2 aromatic heterocycles. The number of primary amides is 1. The minimum absolute atomic E-state index is 0.333. The summed E-state index contributed by atoms with van der Waals surface area (Å²) < 4.78 is 5.48. The number of carbonyl (C=O) groups excluding carboxylic acids is 1. The zero-order valence-electron chi connectivity index (χ0n) is 18.8. The number of aromatic amines is 1. The Morgan fingerprint density at radius 2 is 1.97 bits per heavy atom. The van der Waals surface area contributed by atoms with E-state index in [1.807, 2.05) is 0 Å². The molecular formula is C24H30N6O2S. The number of nitrogens with two attached hydrogens (primary N) is 1. The van der Waals surface area contributed by atoms with E-state index in [0.717, 1.165) is 79.1 Å². The van der Waals surface area contributed by atoms with Crippen LogP contribution < -0.4 is 10.6 Å². The second-order valence-corrected chi connectivity index (χ2v) is 9.65. The van der Waals surface area contributed by atoms with Crippen molar-refractivity contribution in [2.75, 3.05) is 50.8 Å². The maximum absolute atomic E-state index is 12.4. The standard InChI is InChI=1S/C24H30N6O2S/c25-23(31)21-22(33-24(28-21)18-15-26-27-16-18)19-14-17(6-9-29-10-12-32-13-11-29)4-5-20(19)30-7-2-1-3-8-30/h4-5,14-16H,1-3,6-13H2,(H2,25,31)(H,26,27). The molecule has 2 aliphatic rings. The van der Waals surface area contributed by atoms with Crippen LogP contribution in [0.2, 0.25) is 0 Å². The first kappa shape index (κ1) is 22.1. The number of morpholine rings is 1. The van der Waals surface area contributed by atoms with Crippen LogP contribution in [0.25, 0.3) is 21.0 Å². The molecule has 2 aliphatic heterocycles. The molecule has 0 saturated carbocycles. The largest absolute Gasteiger partial charge is 0.379 e. The molecule has 3 aromatic rings. The van der Waals surface area contributed by atoms with Gasteiger partial charge in [-0.05, 0) is 43.4 Å². The van der Waals surface area contributed by atoms with Gasteiger partial charge in [-0.25, -0.2) is 4.98 Å². The molecule has 2 saturated heterocycles. The van der Waals surface area contributed by atoms with Gasteiger partial charge < -0.3 is 15.4 Å². The van der Waals surface area contributed by atoms with Crippen LogP contribution >= 0.6 is 11.3 Å². The smallest absolute Gasteiger partial charge is 0.268 e. The quantitative estimate of drug-likeness (QED) is 0.555. The lowest BCUT2D eigenvalue weighted by Gasteiger charge is -2.31. The van der Waals surface area contributed by atoms with Gasteiger partial charge in [-0.1, -0.05) is 6.07 Å². The maximum atomic E-state index is 12.4. The molecule has 0 unspecified atom stereocenters. The molecule has 0 spiro atoms. The third kappa shape index (κ3) is 4.95. The Kier molecular flexibility index (Phi) is 6.70. The van der Waals surface area contributed by atoms with E-state index in [-0.39, 0.29) is 0 Å². The number of carbonyl (C=O) groups is 1. The number of nitrogens with one attached hydrogen (secondary N) is 1. The van der Waals surface area contributed by atoms with Crippen molar-refractivity contribution in [3.8, 4) is 21.0 Å². The van der Waals surface area contributed by atoms with E-state index in [1.165, 1.54) is 36.2 Å². The zero-order chi connectivity index (χ0) is 22.6. The number of benzene rings is 1. The van der Waals surface area contributed by atoms with E-state index in [9.17, 15) is 4.79 Å². The first-order valence-corrected chi connectivity index (χ1v) is 12.5. The number of nitrogens with zero attached hydrogens (tertiary/aromatic N) is 4. The summed E-state index contributed by atoms with van der Waals surface area (Å²) >= 11 is 1.51. The van der Waals surface area contributed by atoms with Gasteiger partial charge in [0.25, 0.3) is 5.91 Å². The van der Waals surface area contributed by atoms with Gasteiger partial charge in [-0.15, -0.1) is 11.3 Å². The van der Waals surface area contributed by atoms with Crippen molar-refractivity contribution in [1.29, 1.82) is 0 Å². The average molecular weight is 467 g/mol. The minimum atomic E-state index is -0.501. The van der Waals surface area contributed by atoms with Crippen molar-refractivity contribution < 1.29 is 9.53 Å². The van der Waals surface area contributed by atoms with Crippen LogP contribution in [0.5, 0.6) is 0 Å². The van der Waals surface area contributed by atoms with Crippen LogP contribution in [-0.4, -0.2) is 71.9 Å². The summed E-state index contributed by atoms with van der Waals surface area (Å²) in [5.41, 5.74) is 10.5. The van der Waals surface area contributed by atoms with Gasteiger partial charge in [-0.2, -0.15) is 5.10 Å². The Labute approximate surface area is 197 Å². The molecule has 0 bridgehead atoms. The SMILES string of the molecule is NC(=O)c1nc(-c2cn[nH]c2)sc1-c1cc(CCN2CCOCC2)ccc1N1CCCCC1. The van der Waals surface area contributed by atoms with Crippen molar-refractivity contribution >= 4 is 22.9 Å². The fraction of sp³-hybridized carbons (Fsp3) is 0.458. The highest BCUT2D eigenvalue weighted by Gasteiger charge is 2.24. The Morgan fingerprint density at radius 1 is 1.15 bits per heavy atom. The van der Waals surface area contributed by atoms with Gasteiger partial charge in [-0.3, -0.25) is 14.8 Å². The van der Waals surface area contributed by atoms with Gasteiger partial charge in [0, 0.05) is 55.7 Å². The fourth-order valence-electron chi connectivity index (χ4n) is 4.60. The maximum Gasteiger partial charge on any atom is 0.268 e. The van der Waals surface area contributed by atoms with E-state index in [4.69, 9.17) is 10.5 Å². The lowest BCUT2D eigenvalue weighted by atomic mass is 10.0. The number of hydrogen-bond donors (Lipinski definition) is 2. The number of piperidine rings is 1. The first-order valence-electron chi connectivity index (χ1n) is 11.7. The Hall–Kier alpha value is -2.75. The van der Waals surface area contributed by atoms with Crippen LogP contribution in [0.1, 0.15) is 35.3 Å². The summed E-state index contributed by atoms with van der Waals surface area (Å²) in [5.74, 6) is -0.501. The highest BCUT2D eigenvalue weighted by molar-refractivity contribution is 7.18. The number of anilines is 1. The second kappa shape index (κ2) is 10.0. The van der Waals surface area contributed by atoms with Crippen LogP contribution in [0.3, 0.4) is 0 Å². The summed E-state index contributed by atoms with van der Waals surface area (Å²) in [6.07, 6.45) is 8.09. The molecule has 0 aliphatic carbocycles. The molecule has 1 aromatic carbocycles. The van der Waals surface area contributed by atoms with Gasteiger partial charge >= 0.3 is 0 Å². The number of aromatic nitrogens is 3. The summed E-state index contributed by atoms with van der Waals surface area (Å²) in [6.45, 7) is 6.62. The van der Waals surface area contributed by atoms with Gasteiger partial charge in [0.15, 0.2) is 0 Å². The average Bonchev–Trinajstić information content (AvgIpc) is 3.54. The number of amides is 1. The monoisotopic (exact) mass is 466 g/mol. The van der Waals surface area contributed by atoms with Crippen LogP contribution in [-0.2, 0) is 11.2 Å². The summed E-state index contributed by atoms with van der Waals surface area (Å²) in [5, 5.41) is 7.60. The normalized spacial score (nSPS) is 17.4. The molecule has 4 heterocycles. The summed E-state index contributed by atoms with van der Waals surface area (Å²) in [7, 11) is 0. The van der Waals surface area contributed by atoms with Gasteiger partial charge in [0.2, 0.25) is 0 Å². The number of hydrogen-bond acceptors (Lipinski definition) is 7. The first-order chi connectivity index (χ1) is 16.2. The summed E-state index contributed by atoms with van der Waals surface area (Å²) in [4.78, 5) is 22.7. The topological polar surface area (TPSA) is 100 Å². The fourth-order valence-corrected chi connectivity index (χ4v) is 5.68. The minimum Gasteiger partial charge on any atom is -0.379 e. The number of H-pyrrole nitrogens is 1. The molecule has 0 radical (unpaired) electrons. The van der Waals surface area contributed by atoms with Crippen LogP contribution in [0.15, 0.2) is 30.6 Å². The van der Waals surface area contributed by atoms with Gasteiger partial charge in [0.1, 0.15) is 10.7 Å². The van der Waals surface area contributed by atoms with E-state index in [1.54, 1.807) is 12.4 Å². The molecule has 33 heavy (non-hydrogen) atoms. The molecule has 3 N–H and O–H groups in total. The van der Waals surface area contributed by atoms with E-state index in [0.29, 0.717) is 5.69 Å². The Morgan fingerprint density at radius 3 is 2.70 bits per heavy atom. The lowest BCUT2D eigenvalue weighted by Crippen LogP contribution is -2.37. The Balaban J connectivity index is 1.52. The predicted molar refractivity (Wildman–Crippen MR) is 131 cm³/mol. The Bertz CT molecular complexity index is 1080. The highest BCUT2D eigenvalue weighted by atomic mass is 32.1. The molecule has 9 heteroatoms. The summed E-state index contributed by atoms with van der Waals surface area (Å²) in [6, 6.07) is 6.69. The lowest BCUT2D eigenvalue weighted by molar-refractivity contribution is 0.0384. The molecule has 0 atom stereocenters. The predicted octanol–water partition coefficient (Wildman–Crippen LogP) is 3.16. The highest BCUT2D eigenvalue weighted by Crippen LogP contribution is 2.41. The van der Waals surface area contributed by atoms with Crippen molar-refractivity contribution in [3.05, 3.63) is 41.9 Å². The molecule has 1 amide bonds. The van der Waals surface area contributed by atoms with Gasteiger partial charge in [0.05, 0.1) is 24.3 Å². The number of thiazole rings is 1. The second-order valence-electron chi connectivity index (χ2n) is 8.65. The van der Waals surface area contributed by atoms with Crippen LogP contribution in [0, 0.1) is 0 Å². The van der Waals surface area contributed by atoms with Crippen LogP contribution in [0.4, 0.5) is 5.69 Å². The molecule has 2 fully saturated rings. The van der Waals surface area contributed by atoms with Crippen molar-refractivity contribution in [3.63, 3.8) is 0 Å². The number of rotatable bonds is 7. The van der Waals surface area contributed by atoms with Crippen molar-refractivity contribution in [2.45, 2.75) is 25.7 Å².